The first kappa shape index (κ1) is 17.2. The number of benzene rings is 2. The van der Waals surface area contributed by atoms with Crippen LogP contribution in [0.5, 0.6) is 0 Å². The van der Waals surface area contributed by atoms with Crippen LogP contribution in [0.3, 0.4) is 0 Å². The van der Waals surface area contributed by atoms with Crippen LogP contribution in [-0.4, -0.2) is 26.8 Å². The summed E-state index contributed by atoms with van der Waals surface area (Å²) in [6, 6.07) is 16.1. The van der Waals surface area contributed by atoms with Crippen molar-refractivity contribution in [2.75, 3.05) is 6.54 Å². The smallest absolute Gasteiger partial charge is 0.308 e. The van der Waals surface area contributed by atoms with E-state index in [0.717, 1.165) is 5.56 Å². The number of amidine groups is 1. The standard InChI is InChI=1S/C18H18N2O4S/c1-13(14-7-3-2-4-8-14)24-17(21)11-12-19-18-15-9-5-6-10-16(15)25(22,23)20-18/h2-10,13H,11-12H2,1H3,(H,19,20)/t13-/m0/s1. The monoisotopic (exact) mass is 358 g/mol. The van der Waals surface area contributed by atoms with Gasteiger partial charge in [0.1, 0.15) is 11.9 Å². The van der Waals surface area contributed by atoms with Crippen LogP contribution in [0, 0.1) is 0 Å². The predicted molar refractivity (Wildman–Crippen MR) is 93.7 cm³/mol. The van der Waals surface area contributed by atoms with Gasteiger partial charge in [-0.25, -0.2) is 8.42 Å². The van der Waals surface area contributed by atoms with Crippen LogP contribution < -0.4 is 4.72 Å². The number of aliphatic imine (C=N–C) groups is 1. The number of hydrogen-bond acceptors (Lipinski definition) is 5. The van der Waals surface area contributed by atoms with E-state index >= 15 is 0 Å². The summed E-state index contributed by atoms with van der Waals surface area (Å²) in [6.45, 7) is 1.95. The van der Waals surface area contributed by atoms with Crippen LogP contribution in [0.15, 0.2) is 64.5 Å². The Morgan fingerprint density at radius 2 is 1.80 bits per heavy atom. The maximum Gasteiger partial charge on any atom is 0.308 e. The van der Waals surface area contributed by atoms with Gasteiger partial charge in [-0.3, -0.25) is 14.5 Å². The number of ether oxygens (including phenoxy) is 1. The van der Waals surface area contributed by atoms with Gasteiger partial charge in [0, 0.05) is 5.56 Å². The number of hydrogen-bond donors (Lipinski definition) is 1. The molecule has 3 rings (SSSR count). The van der Waals surface area contributed by atoms with Crippen LogP contribution in [0.1, 0.15) is 30.6 Å². The van der Waals surface area contributed by atoms with Gasteiger partial charge in [-0.2, -0.15) is 0 Å². The largest absolute Gasteiger partial charge is 0.458 e. The normalized spacial score (nSPS) is 17.6. The van der Waals surface area contributed by atoms with Crippen LogP contribution >= 0.6 is 0 Å². The van der Waals surface area contributed by atoms with Gasteiger partial charge < -0.3 is 4.74 Å². The molecular formula is C18H18N2O4S. The molecule has 1 aliphatic heterocycles. The van der Waals surface area contributed by atoms with Crippen molar-refractivity contribution in [3.05, 3.63) is 65.7 Å². The highest BCUT2D eigenvalue weighted by atomic mass is 32.2. The Hall–Kier alpha value is -2.67. The molecule has 1 atom stereocenters. The first-order valence-electron chi connectivity index (χ1n) is 7.88. The molecule has 1 heterocycles. The highest BCUT2D eigenvalue weighted by Gasteiger charge is 2.29. The summed E-state index contributed by atoms with van der Waals surface area (Å²) in [5, 5.41) is 0. The average molecular weight is 358 g/mol. The van der Waals surface area contributed by atoms with Crippen LogP contribution in [0.2, 0.25) is 0 Å². The highest BCUT2D eigenvalue weighted by Crippen LogP contribution is 2.22. The van der Waals surface area contributed by atoms with E-state index in [9.17, 15) is 13.2 Å². The summed E-state index contributed by atoms with van der Waals surface area (Å²) >= 11 is 0. The Kier molecular flexibility index (Phi) is 4.85. The summed E-state index contributed by atoms with van der Waals surface area (Å²) in [7, 11) is -3.56. The van der Waals surface area contributed by atoms with Crippen molar-refractivity contribution in [2.45, 2.75) is 24.3 Å². The van der Waals surface area contributed by atoms with E-state index in [1.165, 1.54) is 6.07 Å². The molecule has 0 amide bonds. The molecule has 0 aliphatic carbocycles. The van der Waals surface area contributed by atoms with Gasteiger partial charge in [-0.15, -0.1) is 0 Å². The summed E-state index contributed by atoms with van der Waals surface area (Å²) in [4.78, 5) is 16.4. The van der Waals surface area contributed by atoms with Gasteiger partial charge in [0.25, 0.3) is 10.0 Å². The fraction of sp³-hybridized carbons (Fsp3) is 0.222. The van der Waals surface area contributed by atoms with Gasteiger partial charge in [-0.05, 0) is 24.6 Å². The van der Waals surface area contributed by atoms with E-state index in [4.69, 9.17) is 4.74 Å². The molecule has 0 bridgehead atoms. The van der Waals surface area contributed by atoms with E-state index in [-0.39, 0.29) is 35.8 Å². The number of carbonyl (C=O) groups excluding carboxylic acids is 1. The zero-order valence-corrected chi connectivity index (χ0v) is 14.5. The molecule has 130 valence electrons. The molecule has 6 nitrogen and oxygen atoms in total. The Labute approximate surface area is 146 Å². The van der Waals surface area contributed by atoms with E-state index in [0.29, 0.717) is 5.56 Å². The zero-order valence-electron chi connectivity index (χ0n) is 13.7. The SMILES string of the molecule is C[C@H](OC(=O)CCN=C1NS(=O)(=O)c2ccccc21)c1ccccc1. The van der Waals surface area contributed by atoms with E-state index in [1.807, 2.05) is 30.3 Å². The number of nitrogens with zero attached hydrogens (tertiary/aromatic N) is 1. The molecule has 0 saturated heterocycles. The number of rotatable bonds is 5. The molecule has 0 unspecified atom stereocenters. The third-order valence-corrected chi connectivity index (χ3v) is 5.22. The lowest BCUT2D eigenvalue weighted by atomic mass is 10.1. The molecule has 7 heteroatoms. The molecule has 0 fully saturated rings. The summed E-state index contributed by atoms with van der Waals surface area (Å²) in [5.74, 6) is -0.116. The molecule has 1 N–H and O–H groups in total. The van der Waals surface area contributed by atoms with Gasteiger partial charge in [0.05, 0.1) is 17.9 Å². The Balaban J connectivity index is 1.60. The zero-order chi connectivity index (χ0) is 17.9. The second-order valence-corrected chi connectivity index (χ2v) is 7.28. The number of sulfonamides is 1. The molecule has 2 aromatic rings. The topological polar surface area (TPSA) is 84.8 Å². The van der Waals surface area contributed by atoms with Crippen LogP contribution in [-0.2, 0) is 19.6 Å². The molecular weight excluding hydrogens is 340 g/mol. The lowest BCUT2D eigenvalue weighted by molar-refractivity contribution is -0.148. The molecule has 1 aliphatic rings. The number of fused-ring (bicyclic) bond motifs is 1. The Bertz CT molecular complexity index is 908. The van der Waals surface area contributed by atoms with Gasteiger partial charge in [0.15, 0.2) is 0 Å². The minimum Gasteiger partial charge on any atom is -0.458 e. The Morgan fingerprint density at radius 3 is 2.56 bits per heavy atom. The minimum atomic E-state index is -3.56. The molecule has 0 aromatic heterocycles. The second-order valence-electron chi connectivity index (χ2n) is 5.62. The lowest BCUT2D eigenvalue weighted by Gasteiger charge is -2.13. The van der Waals surface area contributed by atoms with Gasteiger partial charge in [0.2, 0.25) is 0 Å². The second kappa shape index (κ2) is 7.06. The first-order valence-corrected chi connectivity index (χ1v) is 9.37. The molecule has 25 heavy (non-hydrogen) atoms. The molecule has 2 aromatic carbocycles. The van der Waals surface area contributed by atoms with E-state index < -0.39 is 10.0 Å². The third-order valence-electron chi connectivity index (χ3n) is 3.83. The summed E-state index contributed by atoms with van der Waals surface area (Å²) in [6.07, 6.45) is -0.267. The fourth-order valence-corrected chi connectivity index (χ4v) is 3.81. The van der Waals surface area contributed by atoms with E-state index in [2.05, 4.69) is 9.71 Å². The number of esters is 1. The number of nitrogens with one attached hydrogen (secondary N) is 1. The fourth-order valence-electron chi connectivity index (χ4n) is 2.56. The maximum absolute atomic E-state index is 12.0. The van der Waals surface area contributed by atoms with Crippen LogP contribution in [0.4, 0.5) is 0 Å². The van der Waals surface area contributed by atoms with Crippen molar-refractivity contribution in [1.82, 2.24) is 4.72 Å². The lowest BCUT2D eigenvalue weighted by Crippen LogP contribution is -2.22. The Morgan fingerprint density at radius 1 is 1.12 bits per heavy atom. The third kappa shape index (κ3) is 3.88. The molecule has 0 spiro atoms. The van der Waals surface area contributed by atoms with Crippen molar-refractivity contribution >= 4 is 21.8 Å². The van der Waals surface area contributed by atoms with Crippen molar-refractivity contribution in [3.8, 4) is 0 Å². The highest BCUT2D eigenvalue weighted by molar-refractivity contribution is 7.90. The summed E-state index contributed by atoms with van der Waals surface area (Å²) in [5.41, 5.74) is 1.44. The van der Waals surface area contributed by atoms with Crippen molar-refractivity contribution in [3.63, 3.8) is 0 Å². The van der Waals surface area contributed by atoms with E-state index in [1.54, 1.807) is 25.1 Å². The molecule has 0 radical (unpaired) electrons. The van der Waals surface area contributed by atoms with Crippen molar-refractivity contribution < 1.29 is 17.9 Å². The first-order chi connectivity index (χ1) is 12.0. The quantitative estimate of drug-likeness (QED) is 0.832. The molecule has 0 saturated carbocycles. The van der Waals surface area contributed by atoms with Gasteiger partial charge in [-0.1, -0.05) is 42.5 Å². The predicted octanol–water partition coefficient (Wildman–Crippen LogP) is 2.42. The minimum absolute atomic E-state index is 0.0740. The maximum atomic E-state index is 12.0. The number of carbonyl (C=O) groups is 1. The van der Waals surface area contributed by atoms with Crippen molar-refractivity contribution in [2.24, 2.45) is 4.99 Å². The average Bonchev–Trinajstić information content (AvgIpc) is 2.87. The van der Waals surface area contributed by atoms with Gasteiger partial charge >= 0.3 is 5.97 Å². The van der Waals surface area contributed by atoms with Crippen LogP contribution in [0.25, 0.3) is 0 Å². The van der Waals surface area contributed by atoms with Crippen molar-refractivity contribution in [1.29, 1.82) is 0 Å². The summed E-state index contributed by atoms with van der Waals surface area (Å²) < 4.78 is 31.7.